The highest BCUT2D eigenvalue weighted by molar-refractivity contribution is 7.90. The van der Waals surface area contributed by atoms with E-state index in [2.05, 4.69) is 9.44 Å². The second-order valence-electron chi connectivity index (χ2n) is 10.9. The summed E-state index contributed by atoms with van der Waals surface area (Å²) >= 11 is 0. The fourth-order valence-electron chi connectivity index (χ4n) is 5.19. The molecule has 2 bridgehead atoms. The fraction of sp³-hybridized carbons (Fsp3) is 0.739. The normalized spacial score (nSPS) is 24.4. The summed E-state index contributed by atoms with van der Waals surface area (Å²) in [7, 11) is -8.99. The van der Waals surface area contributed by atoms with Crippen LogP contribution in [0.2, 0.25) is 0 Å². The van der Waals surface area contributed by atoms with E-state index in [0.717, 1.165) is 6.07 Å². The maximum absolute atomic E-state index is 14.5. The van der Waals surface area contributed by atoms with Crippen molar-refractivity contribution in [1.29, 1.82) is 0 Å². The Balaban J connectivity index is 1.78. The first-order valence-electron chi connectivity index (χ1n) is 12.5. The average Bonchev–Trinajstić information content (AvgIpc) is 3.07. The van der Waals surface area contributed by atoms with Crippen molar-refractivity contribution in [2.75, 3.05) is 24.6 Å². The van der Waals surface area contributed by atoms with Crippen LogP contribution in [0.4, 0.5) is 13.2 Å². The lowest BCUT2D eigenvalue weighted by Gasteiger charge is -2.41. The molecule has 2 heterocycles. The van der Waals surface area contributed by atoms with Gasteiger partial charge in [-0.2, -0.15) is 4.31 Å². The van der Waals surface area contributed by atoms with Crippen LogP contribution in [0.25, 0.3) is 0 Å². The van der Waals surface area contributed by atoms with Crippen molar-refractivity contribution in [2.24, 2.45) is 11.7 Å². The fourth-order valence-corrected chi connectivity index (χ4v) is 8.96. The third-order valence-electron chi connectivity index (χ3n) is 7.01. The van der Waals surface area contributed by atoms with Crippen LogP contribution in [0.1, 0.15) is 52.0 Å². The van der Waals surface area contributed by atoms with Crippen molar-refractivity contribution >= 4 is 31.0 Å². The van der Waals surface area contributed by atoms with E-state index >= 15 is 0 Å². The topological polar surface area (TPSA) is 139 Å². The van der Waals surface area contributed by atoms with Crippen molar-refractivity contribution in [1.82, 2.24) is 13.7 Å². The number of nitrogens with zero attached hydrogens (tertiary/aromatic N) is 1. The Morgan fingerprint density at radius 3 is 2.16 bits per heavy atom. The molecule has 1 aromatic carbocycles. The summed E-state index contributed by atoms with van der Waals surface area (Å²) < 4.78 is 111. The average molecular weight is 603 g/mol. The molecule has 9 nitrogen and oxygen atoms in total. The molecule has 0 amide bonds. The van der Waals surface area contributed by atoms with Gasteiger partial charge in [0.15, 0.2) is 11.6 Å². The standard InChI is InChI=1S/C23H37F3N4O5S3/c1-23(2,3)36(31)29-22(13-15-12-20(25)21(26)14-19(15)24)16-10-17-4-5-18(11-16)30(17)38(34,35)9-7-28-37(32,33)8-6-27/h12,14,16-18,22,28-29H,4-11,13,27H2,1-3H3/t16?,17?,18?,22-,36+/m1/s1. The molecule has 0 aromatic heterocycles. The molecule has 218 valence electrons. The van der Waals surface area contributed by atoms with Gasteiger partial charge in [0.2, 0.25) is 20.0 Å². The number of piperidine rings is 1. The minimum Gasteiger partial charge on any atom is -0.329 e. The molecule has 0 saturated carbocycles. The Bertz CT molecular complexity index is 1230. The Morgan fingerprint density at radius 1 is 1.03 bits per heavy atom. The van der Waals surface area contributed by atoms with Gasteiger partial charge in [0, 0.05) is 37.3 Å². The van der Waals surface area contributed by atoms with Gasteiger partial charge in [-0.05, 0) is 70.4 Å². The number of hydrogen-bond acceptors (Lipinski definition) is 6. The lowest BCUT2D eigenvalue weighted by Crippen LogP contribution is -2.53. The van der Waals surface area contributed by atoms with Crippen LogP contribution in [0.3, 0.4) is 0 Å². The minimum absolute atomic E-state index is 0.0510. The van der Waals surface area contributed by atoms with E-state index in [-0.39, 0.29) is 48.8 Å². The van der Waals surface area contributed by atoms with E-state index in [0.29, 0.717) is 31.7 Å². The summed E-state index contributed by atoms with van der Waals surface area (Å²) in [6.45, 7) is 4.96. The number of rotatable bonds is 12. The molecule has 38 heavy (non-hydrogen) atoms. The Labute approximate surface area is 225 Å². The van der Waals surface area contributed by atoms with Crippen molar-refractivity contribution < 1.29 is 34.2 Å². The predicted molar refractivity (Wildman–Crippen MR) is 141 cm³/mol. The first kappa shape index (κ1) is 31.4. The molecule has 0 radical (unpaired) electrons. The molecule has 2 saturated heterocycles. The zero-order valence-electron chi connectivity index (χ0n) is 21.8. The second-order valence-corrected chi connectivity index (χ2v) is 16.8. The van der Waals surface area contributed by atoms with E-state index in [4.69, 9.17) is 5.73 Å². The van der Waals surface area contributed by atoms with Crippen LogP contribution in [0.5, 0.6) is 0 Å². The van der Waals surface area contributed by atoms with Crippen molar-refractivity contribution in [3.8, 4) is 0 Å². The van der Waals surface area contributed by atoms with Gasteiger partial charge in [-0.25, -0.2) is 43.7 Å². The molecule has 3 rings (SSSR count). The van der Waals surface area contributed by atoms with Gasteiger partial charge in [-0.15, -0.1) is 0 Å². The Morgan fingerprint density at radius 2 is 1.61 bits per heavy atom. The summed E-state index contributed by atoms with van der Waals surface area (Å²) in [5, 5.41) is 0. The largest absolute Gasteiger partial charge is 0.329 e. The lowest BCUT2D eigenvalue weighted by molar-refractivity contribution is 0.166. The molecule has 2 aliphatic heterocycles. The number of nitrogens with two attached hydrogens (primary N) is 1. The van der Waals surface area contributed by atoms with Gasteiger partial charge in [-0.3, -0.25) is 0 Å². The summed E-state index contributed by atoms with van der Waals surface area (Å²) in [4.78, 5) is 0. The molecular formula is C23H37F3N4O5S3. The lowest BCUT2D eigenvalue weighted by atomic mass is 9.83. The van der Waals surface area contributed by atoms with Gasteiger partial charge in [-0.1, -0.05) is 0 Å². The molecule has 4 atom stereocenters. The van der Waals surface area contributed by atoms with Gasteiger partial charge in [0.05, 0.1) is 27.2 Å². The van der Waals surface area contributed by atoms with Crippen LogP contribution >= 0.6 is 0 Å². The van der Waals surface area contributed by atoms with Crippen molar-refractivity contribution in [2.45, 2.75) is 75.7 Å². The highest BCUT2D eigenvalue weighted by atomic mass is 32.2. The Hall–Kier alpha value is -1.10. The van der Waals surface area contributed by atoms with Crippen LogP contribution in [0, 0.1) is 23.4 Å². The van der Waals surface area contributed by atoms with Crippen molar-refractivity contribution in [3.05, 3.63) is 35.1 Å². The number of hydrogen-bond donors (Lipinski definition) is 3. The van der Waals surface area contributed by atoms with Crippen molar-refractivity contribution in [3.63, 3.8) is 0 Å². The van der Waals surface area contributed by atoms with E-state index in [1.165, 1.54) is 4.31 Å². The van der Waals surface area contributed by atoms with E-state index in [1.807, 2.05) is 0 Å². The smallest absolute Gasteiger partial charge is 0.215 e. The number of fused-ring (bicyclic) bond motifs is 2. The summed E-state index contributed by atoms with van der Waals surface area (Å²) in [5.74, 6) is -4.29. The number of halogens is 3. The third-order valence-corrected chi connectivity index (χ3v) is 12.0. The van der Waals surface area contributed by atoms with E-state index in [9.17, 15) is 34.2 Å². The highest BCUT2D eigenvalue weighted by Crippen LogP contribution is 2.42. The molecule has 2 fully saturated rings. The highest BCUT2D eigenvalue weighted by Gasteiger charge is 2.48. The van der Waals surface area contributed by atoms with Gasteiger partial charge in [0.25, 0.3) is 0 Å². The SMILES string of the molecule is CC(C)(C)[S@](=O)N[C@H](Cc1cc(F)c(F)cc1F)C1CC2CCC(C1)N2S(=O)(=O)CCNS(=O)(=O)CCN. The van der Waals surface area contributed by atoms with Crippen LogP contribution in [-0.4, -0.2) is 72.8 Å². The zero-order valence-corrected chi connectivity index (χ0v) is 24.2. The summed E-state index contributed by atoms with van der Waals surface area (Å²) in [5.41, 5.74) is 5.21. The Kier molecular flexibility index (Phi) is 10.1. The molecule has 15 heteroatoms. The maximum atomic E-state index is 14.5. The maximum Gasteiger partial charge on any atom is 0.215 e. The number of nitrogens with one attached hydrogen (secondary N) is 2. The first-order valence-corrected chi connectivity index (χ1v) is 17.0. The quantitative estimate of drug-likeness (QED) is 0.310. The third kappa shape index (κ3) is 7.76. The zero-order chi connectivity index (χ0) is 28.5. The van der Waals surface area contributed by atoms with Gasteiger partial charge < -0.3 is 5.73 Å². The first-order chi connectivity index (χ1) is 17.5. The van der Waals surface area contributed by atoms with Gasteiger partial charge >= 0.3 is 0 Å². The predicted octanol–water partition coefficient (Wildman–Crippen LogP) is 1.52. The molecule has 0 aliphatic carbocycles. The minimum atomic E-state index is -3.78. The molecular weight excluding hydrogens is 565 g/mol. The number of sulfonamides is 2. The molecule has 1 aromatic rings. The molecule has 0 spiro atoms. The van der Waals surface area contributed by atoms with Crippen LogP contribution < -0.4 is 15.2 Å². The van der Waals surface area contributed by atoms with E-state index < -0.39 is 65.0 Å². The second kappa shape index (κ2) is 12.2. The molecule has 2 aliphatic rings. The van der Waals surface area contributed by atoms with Crippen LogP contribution in [0.15, 0.2) is 12.1 Å². The molecule has 2 unspecified atom stereocenters. The van der Waals surface area contributed by atoms with Gasteiger partial charge in [0.1, 0.15) is 5.82 Å². The van der Waals surface area contributed by atoms with Crippen LogP contribution in [-0.2, 0) is 37.5 Å². The monoisotopic (exact) mass is 602 g/mol. The summed E-state index contributed by atoms with van der Waals surface area (Å²) in [6.07, 6.45) is 1.96. The summed E-state index contributed by atoms with van der Waals surface area (Å²) in [6, 6.07) is 0.00567. The van der Waals surface area contributed by atoms with E-state index in [1.54, 1.807) is 20.8 Å². The molecule has 4 N–H and O–H groups in total. The number of benzene rings is 1.